The molecule has 0 radical (unpaired) electrons. The Morgan fingerprint density at radius 1 is 0.935 bits per heavy atom. The quantitative estimate of drug-likeness (QED) is 0.508. The number of alkyl halides is 2. The maximum Gasteiger partial charge on any atom is 0.305 e. The lowest BCUT2D eigenvalue weighted by Crippen LogP contribution is -2.20. The second-order valence-corrected chi connectivity index (χ2v) is 8.53. The molecule has 2 heterocycles. The molecule has 0 fully saturated rings. The topological polar surface area (TPSA) is 85.2 Å². The molecule has 2 aromatic carbocycles. The third kappa shape index (κ3) is 4.35. The lowest BCUT2D eigenvalue weighted by molar-refractivity contribution is 0.00753. The highest BCUT2D eigenvalue weighted by Gasteiger charge is 2.33. The summed E-state index contributed by atoms with van der Waals surface area (Å²) in [7, 11) is 0. The highest BCUT2D eigenvalue weighted by atomic mass is 19.3. The molecule has 1 N–H and O–H groups in total. The normalized spacial score (nSPS) is 12.3. The van der Waals surface area contributed by atoms with Crippen molar-refractivity contribution in [2.45, 2.75) is 45.6 Å². The Labute approximate surface area is 178 Å². The van der Waals surface area contributed by atoms with Gasteiger partial charge in [-0.3, -0.25) is 0 Å². The van der Waals surface area contributed by atoms with Gasteiger partial charge in [-0.25, -0.2) is 9.67 Å². The van der Waals surface area contributed by atoms with E-state index in [0.29, 0.717) is 18.2 Å². The summed E-state index contributed by atoms with van der Waals surface area (Å²) >= 11 is 0. The first-order chi connectivity index (χ1) is 14.6. The van der Waals surface area contributed by atoms with Crippen molar-refractivity contribution in [2.24, 2.45) is 0 Å². The van der Waals surface area contributed by atoms with Gasteiger partial charge in [0.25, 0.3) is 0 Å². The van der Waals surface area contributed by atoms with Crippen LogP contribution in [-0.4, -0.2) is 35.4 Å². The third-order valence-corrected chi connectivity index (χ3v) is 4.85. The molecular formula is C22H23F2N7. The Morgan fingerprint density at radius 2 is 1.61 bits per heavy atom. The summed E-state index contributed by atoms with van der Waals surface area (Å²) in [6.07, 6.45) is 0. The molecule has 31 heavy (non-hydrogen) atoms. The highest BCUT2D eigenvalue weighted by molar-refractivity contribution is 5.80. The van der Waals surface area contributed by atoms with Crippen molar-refractivity contribution in [3.05, 3.63) is 65.7 Å². The van der Waals surface area contributed by atoms with Crippen molar-refractivity contribution in [3.63, 3.8) is 0 Å². The fourth-order valence-electron chi connectivity index (χ4n) is 3.36. The lowest BCUT2D eigenvalue weighted by Gasteiger charge is -2.18. The molecule has 0 saturated carbocycles. The molecule has 0 aliphatic heterocycles. The number of nitrogens with zero attached hydrogens (tertiary/aromatic N) is 6. The molecule has 0 unspecified atom stereocenters. The number of aromatic amines is 1. The summed E-state index contributed by atoms with van der Waals surface area (Å²) in [6.45, 7) is 6.97. The van der Waals surface area contributed by atoms with Crippen molar-refractivity contribution in [1.82, 2.24) is 35.4 Å². The van der Waals surface area contributed by atoms with Crippen LogP contribution in [0.3, 0.4) is 0 Å². The van der Waals surface area contributed by atoms with E-state index in [1.54, 1.807) is 4.68 Å². The maximum atomic E-state index is 13.8. The van der Waals surface area contributed by atoms with Gasteiger partial charge in [0.1, 0.15) is 5.82 Å². The lowest BCUT2D eigenvalue weighted by atomic mass is 9.95. The second-order valence-electron chi connectivity index (χ2n) is 8.53. The molecule has 0 atom stereocenters. The van der Waals surface area contributed by atoms with E-state index in [4.69, 9.17) is 0 Å². The van der Waals surface area contributed by atoms with E-state index in [2.05, 4.69) is 30.7 Å². The first-order valence-electron chi connectivity index (χ1n) is 9.89. The fourth-order valence-corrected chi connectivity index (χ4v) is 3.36. The monoisotopic (exact) mass is 423 g/mol. The molecule has 0 aliphatic carbocycles. The molecule has 0 amide bonds. The van der Waals surface area contributed by atoms with Crippen LogP contribution < -0.4 is 0 Å². The number of tetrazole rings is 1. The van der Waals surface area contributed by atoms with E-state index in [9.17, 15) is 8.78 Å². The molecule has 0 spiro atoms. The predicted molar refractivity (Wildman–Crippen MR) is 112 cm³/mol. The summed E-state index contributed by atoms with van der Waals surface area (Å²) in [5.41, 5.74) is 3.34. The Balaban J connectivity index is 1.65. The van der Waals surface area contributed by atoms with Crippen LogP contribution in [0.15, 0.2) is 48.5 Å². The fraction of sp³-hybridized carbons (Fsp3) is 0.318. The molecular weight excluding hydrogens is 400 g/mol. The SMILES string of the molecule is CC(C)(C)c1nc(C(C)(F)F)nn1Cc1ccc(-c2ccccc2-c2nn[nH]n2)cc1. The van der Waals surface area contributed by atoms with Gasteiger partial charge >= 0.3 is 5.92 Å². The molecule has 4 rings (SSSR count). The molecule has 0 bridgehead atoms. The van der Waals surface area contributed by atoms with Gasteiger partial charge in [-0.05, 0) is 21.9 Å². The number of rotatable bonds is 5. The highest BCUT2D eigenvalue weighted by Crippen LogP contribution is 2.31. The Bertz CT molecular complexity index is 1170. The molecule has 2 aromatic heterocycles. The Kier molecular flexibility index (Phi) is 5.12. The largest absolute Gasteiger partial charge is 0.305 e. The number of benzene rings is 2. The van der Waals surface area contributed by atoms with Crippen LogP contribution >= 0.6 is 0 Å². The van der Waals surface area contributed by atoms with Crippen LogP contribution in [0.2, 0.25) is 0 Å². The number of hydrogen-bond donors (Lipinski definition) is 1. The number of halogens is 2. The minimum Gasteiger partial charge on any atom is -0.245 e. The standard InChI is InChI=1S/C22H23F2N7/c1-21(2,3)20-25-19(22(4,23)24)28-31(20)13-14-9-11-15(12-10-14)16-7-5-6-8-17(16)18-26-29-30-27-18/h5-12H,13H2,1-4H3,(H,26,27,29,30). The minimum atomic E-state index is -3.09. The van der Waals surface area contributed by atoms with Crippen molar-refractivity contribution >= 4 is 0 Å². The Hall–Kier alpha value is -3.49. The van der Waals surface area contributed by atoms with Gasteiger partial charge < -0.3 is 0 Å². The van der Waals surface area contributed by atoms with E-state index in [1.165, 1.54) is 0 Å². The van der Waals surface area contributed by atoms with Crippen LogP contribution in [0, 0.1) is 0 Å². The average molecular weight is 423 g/mol. The van der Waals surface area contributed by atoms with E-state index < -0.39 is 17.2 Å². The molecule has 7 nitrogen and oxygen atoms in total. The van der Waals surface area contributed by atoms with E-state index in [1.807, 2.05) is 69.3 Å². The second kappa shape index (κ2) is 7.64. The van der Waals surface area contributed by atoms with Crippen molar-refractivity contribution in [1.29, 1.82) is 0 Å². The number of H-pyrrole nitrogens is 1. The summed E-state index contributed by atoms with van der Waals surface area (Å²) in [5, 5.41) is 18.4. The zero-order chi connectivity index (χ0) is 22.2. The van der Waals surface area contributed by atoms with Crippen molar-refractivity contribution < 1.29 is 8.78 Å². The van der Waals surface area contributed by atoms with E-state index in [0.717, 1.165) is 29.2 Å². The average Bonchev–Trinajstić information content (AvgIpc) is 3.38. The van der Waals surface area contributed by atoms with Crippen LogP contribution in [0.1, 0.15) is 44.9 Å². The van der Waals surface area contributed by atoms with Gasteiger partial charge in [0.2, 0.25) is 11.6 Å². The minimum absolute atomic E-state index is 0.350. The van der Waals surface area contributed by atoms with Gasteiger partial charge in [0.15, 0.2) is 0 Å². The van der Waals surface area contributed by atoms with Gasteiger partial charge in [-0.1, -0.05) is 69.3 Å². The van der Waals surface area contributed by atoms with Gasteiger partial charge in [0, 0.05) is 17.9 Å². The molecule has 9 heteroatoms. The van der Waals surface area contributed by atoms with Gasteiger partial charge in [0.05, 0.1) is 6.54 Å². The van der Waals surface area contributed by atoms with E-state index >= 15 is 0 Å². The van der Waals surface area contributed by atoms with Crippen LogP contribution in [0.25, 0.3) is 22.5 Å². The molecule has 4 aromatic rings. The smallest absolute Gasteiger partial charge is 0.245 e. The summed E-state index contributed by atoms with van der Waals surface area (Å²) < 4.78 is 29.2. The number of aromatic nitrogens is 7. The third-order valence-electron chi connectivity index (χ3n) is 4.85. The summed E-state index contributed by atoms with van der Waals surface area (Å²) in [5.74, 6) is -2.50. The molecule has 160 valence electrons. The van der Waals surface area contributed by atoms with Crippen LogP contribution in [0.4, 0.5) is 8.78 Å². The summed E-state index contributed by atoms with van der Waals surface area (Å²) in [4.78, 5) is 4.13. The zero-order valence-corrected chi connectivity index (χ0v) is 17.8. The van der Waals surface area contributed by atoms with E-state index in [-0.39, 0.29) is 0 Å². The summed E-state index contributed by atoms with van der Waals surface area (Å²) in [6, 6.07) is 15.7. The van der Waals surface area contributed by atoms with Gasteiger partial charge in [-0.2, -0.15) is 14.0 Å². The van der Waals surface area contributed by atoms with Crippen molar-refractivity contribution in [3.8, 4) is 22.5 Å². The number of hydrogen-bond acceptors (Lipinski definition) is 5. The number of nitrogens with one attached hydrogen (secondary N) is 1. The molecule has 0 aliphatic rings. The predicted octanol–water partition coefficient (Wildman–Crippen LogP) is 4.58. The van der Waals surface area contributed by atoms with Crippen LogP contribution in [0.5, 0.6) is 0 Å². The first-order valence-corrected chi connectivity index (χ1v) is 9.89. The first kappa shape index (κ1) is 20.8. The van der Waals surface area contributed by atoms with Gasteiger partial charge in [-0.15, -0.1) is 15.3 Å². The van der Waals surface area contributed by atoms with Crippen LogP contribution in [-0.2, 0) is 17.9 Å². The maximum absolute atomic E-state index is 13.8. The Morgan fingerprint density at radius 3 is 2.19 bits per heavy atom. The molecule has 0 saturated heterocycles. The zero-order valence-electron chi connectivity index (χ0n) is 17.8. The van der Waals surface area contributed by atoms with Crippen molar-refractivity contribution in [2.75, 3.05) is 0 Å².